The Hall–Kier alpha value is -1.96. The zero-order chi connectivity index (χ0) is 21.3. The molecule has 1 aliphatic carbocycles. The summed E-state index contributed by atoms with van der Waals surface area (Å²) in [6.07, 6.45) is 7.38. The van der Waals surface area contributed by atoms with Gasteiger partial charge < -0.3 is 14.7 Å². The van der Waals surface area contributed by atoms with Crippen LogP contribution in [0.25, 0.3) is 0 Å². The number of hydrogen-bond acceptors (Lipinski definition) is 6. The second kappa shape index (κ2) is 8.65. The molecule has 4 rings (SSSR count). The quantitative estimate of drug-likeness (QED) is 0.791. The predicted molar refractivity (Wildman–Crippen MR) is 111 cm³/mol. The Kier molecular flexibility index (Phi) is 6.14. The summed E-state index contributed by atoms with van der Waals surface area (Å²) in [5, 5.41) is 7.19. The molecule has 0 aromatic carbocycles. The van der Waals surface area contributed by atoms with E-state index in [1.807, 2.05) is 25.7 Å². The number of carbonyl (C=O) groups is 2. The molecular formula is C22H35N5O3. The maximum atomic E-state index is 12.8. The Morgan fingerprint density at radius 1 is 1.23 bits per heavy atom. The minimum Gasteiger partial charge on any atom is -0.352 e. The molecule has 2 amide bonds. The summed E-state index contributed by atoms with van der Waals surface area (Å²) < 4.78 is 5.52. The topological polar surface area (TPSA) is 91.6 Å². The molecule has 8 nitrogen and oxygen atoms in total. The summed E-state index contributed by atoms with van der Waals surface area (Å²) >= 11 is 0. The molecule has 30 heavy (non-hydrogen) atoms. The Labute approximate surface area is 178 Å². The van der Waals surface area contributed by atoms with Crippen molar-refractivity contribution in [3.8, 4) is 0 Å². The Morgan fingerprint density at radius 3 is 2.53 bits per heavy atom. The summed E-state index contributed by atoms with van der Waals surface area (Å²) in [6.45, 7) is 8.51. The SMILES string of the molecule is Cc1noc(C2CC3(CCN(C(=O)C(C)C)CC3)CN2CC(=O)NC2CCCC2)n1. The third kappa shape index (κ3) is 4.53. The maximum Gasteiger partial charge on any atom is 0.244 e. The van der Waals surface area contributed by atoms with Gasteiger partial charge in [-0.1, -0.05) is 31.8 Å². The van der Waals surface area contributed by atoms with E-state index in [4.69, 9.17) is 4.52 Å². The van der Waals surface area contributed by atoms with Gasteiger partial charge in [0.05, 0.1) is 12.6 Å². The standard InChI is InChI=1S/C22H35N5O3/c1-15(2)21(29)26-10-8-22(9-11-26)12-18(20-23-16(3)25-30-20)27(14-22)13-19(28)24-17-6-4-5-7-17/h15,17-18H,4-14H2,1-3H3,(H,24,28). The second-order valence-electron chi connectivity index (χ2n) is 9.83. The summed E-state index contributed by atoms with van der Waals surface area (Å²) in [5.74, 6) is 1.59. The largest absolute Gasteiger partial charge is 0.352 e. The molecule has 3 heterocycles. The molecule has 1 aromatic heterocycles. The zero-order valence-electron chi connectivity index (χ0n) is 18.5. The molecule has 2 saturated heterocycles. The molecule has 1 N–H and O–H groups in total. The molecule has 1 spiro atoms. The van der Waals surface area contributed by atoms with Gasteiger partial charge in [0.15, 0.2) is 5.82 Å². The molecule has 1 atom stereocenters. The van der Waals surface area contributed by atoms with Crippen LogP contribution in [0.4, 0.5) is 0 Å². The fraction of sp³-hybridized carbons (Fsp3) is 0.818. The Morgan fingerprint density at radius 2 is 1.93 bits per heavy atom. The fourth-order valence-electron chi connectivity index (χ4n) is 5.46. The van der Waals surface area contributed by atoms with E-state index in [1.165, 1.54) is 12.8 Å². The second-order valence-corrected chi connectivity index (χ2v) is 9.83. The van der Waals surface area contributed by atoms with Crippen molar-refractivity contribution in [2.75, 3.05) is 26.2 Å². The van der Waals surface area contributed by atoms with Crippen molar-refractivity contribution in [1.82, 2.24) is 25.3 Å². The monoisotopic (exact) mass is 417 g/mol. The first-order valence-corrected chi connectivity index (χ1v) is 11.5. The zero-order valence-corrected chi connectivity index (χ0v) is 18.5. The lowest BCUT2D eigenvalue weighted by Gasteiger charge is -2.40. The highest BCUT2D eigenvalue weighted by Gasteiger charge is 2.48. The van der Waals surface area contributed by atoms with Crippen LogP contribution in [0.3, 0.4) is 0 Å². The van der Waals surface area contributed by atoms with Gasteiger partial charge in [-0.05, 0) is 44.4 Å². The normalized spacial score (nSPS) is 24.8. The van der Waals surface area contributed by atoms with Crippen LogP contribution in [-0.4, -0.2) is 64.0 Å². The van der Waals surface area contributed by atoms with Gasteiger partial charge in [-0.25, -0.2) is 0 Å². The number of carbonyl (C=O) groups excluding carboxylic acids is 2. The van der Waals surface area contributed by atoms with Crippen LogP contribution >= 0.6 is 0 Å². The minimum atomic E-state index is -0.0344. The summed E-state index contributed by atoms with van der Waals surface area (Å²) in [6, 6.07) is 0.288. The average molecular weight is 418 g/mol. The first-order valence-electron chi connectivity index (χ1n) is 11.5. The number of rotatable bonds is 5. The van der Waals surface area contributed by atoms with E-state index < -0.39 is 0 Å². The minimum absolute atomic E-state index is 0.0344. The van der Waals surface area contributed by atoms with Crippen molar-refractivity contribution in [2.45, 2.75) is 77.8 Å². The summed E-state index contributed by atoms with van der Waals surface area (Å²) in [4.78, 5) is 33.8. The van der Waals surface area contributed by atoms with Crippen molar-refractivity contribution in [3.63, 3.8) is 0 Å². The van der Waals surface area contributed by atoms with E-state index in [0.29, 0.717) is 24.3 Å². The highest BCUT2D eigenvalue weighted by molar-refractivity contribution is 5.79. The molecule has 3 aliphatic rings. The summed E-state index contributed by atoms with van der Waals surface area (Å²) in [7, 11) is 0. The number of likely N-dealkylation sites (tertiary alicyclic amines) is 2. The van der Waals surface area contributed by atoms with Crippen LogP contribution in [0.15, 0.2) is 4.52 Å². The van der Waals surface area contributed by atoms with Crippen molar-refractivity contribution in [1.29, 1.82) is 0 Å². The van der Waals surface area contributed by atoms with E-state index in [9.17, 15) is 9.59 Å². The molecule has 1 saturated carbocycles. The molecule has 8 heteroatoms. The third-order valence-electron chi connectivity index (χ3n) is 7.13. The van der Waals surface area contributed by atoms with Gasteiger partial charge in [0.2, 0.25) is 17.7 Å². The molecule has 0 bridgehead atoms. The number of aromatic nitrogens is 2. The van der Waals surface area contributed by atoms with Gasteiger partial charge in [0, 0.05) is 31.6 Å². The van der Waals surface area contributed by atoms with E-state index >= 15 is 0 Å². The van der Waals surface area contributed by atoms with Gasteiger partial charge in [0.25, 0.3) is 0 Å². The number of hydrogen-bond donors (Lipinski definition) is 1. The molecule has 1 aromatic rings. The lowest BCUT2D eigenvalue weighted by molar-refractivity contribution is -0.136. The number of amides is 2. The molecule has 166 valence electrons. The Bertz CT molecular complexity index is 763. The van der Waals surface area contributed by atoms with E-state index in [1.54, 1.807) is 0 Å². The highest BCUT2D eigenvalue weighted by atomic mass is 16.5. The number of nitrogens with one attached hydrogen (secondary N) is 1. The summed E-state index contributed by atoms with van der Waals surface area (Å²) in [5.41, 5.74) is 0.0917. The van der Waals surface area contributed by atoms with Gasteiger partial charge in [-0.3, -0.25) is 14.5 Å². The van der Waals surface area contributed by atoms with Crippen LogP contribution in [0.2, 0.25) is 0 Å². The van der Waals surface area contributed by atoms with Crippen molar-refractivity contribution in [2.24, 2.45) is 11.3 Å². The van der Waals surface area contributed by atoms with Crippen molar-refractivity contribution >= 4 is 11.8 Å². The smallest absolute Gasteiger partial charge is 0.244 e. The molecule has 1 unspecified atom stereocenters. The molecule has 0 radical (unpaired) electrons. The lowest BCUT2D eigenvalue weighted by atomic mass is 9.76. The lowest BCUT2D eigenvalue weighted by Crippen LogP contribution is -2.46. The van der Waals surface area contributed by atoms with Crippen LogP contribution in [-0.2, 0) is 9.59 Å². The first kappa shape index (κ1) is 21.3. The van der Waals surface area contributed by atoms with Gasteiger partial charge in [-0.2, -0.15) is 4.98 Å². The van der Waals surface area contributed by atoms with Crippen LogP contribution < -0.4 is 5.32 Å². The van der Waals surface area contributed by atoms with E-state index in [2.05, 4.69) is 20.4 Å². The first-order chi connectivity index (χ1) is 14.3. The highest BCUT2D eigenvalue weighted by Crippen LogP contribution is 2.48. The van der Waals surface area contributed by atoms with Crippen molar-refractivity contribution in [3.05, 3.63) is 11.7 Å². The van der Waals surface area contributed by atoms with Gasteiger partial charge >= 0.3 is 0 Å². The Balaban J connectivity index is 1.44. The van der Waals surface area contributed by atoms with Crippen molar-refractivity contribution < 1.29 is 14.1 Å². The molecule has 2 aliphatic heterocycles. The third-order valence-corrected chi connectivity index (χ3v) is 7.13. The van der Waals surface area contributed by atoms with E-state index in [0.717, 1.165) is 51.7 Å². The van der Waals surface area contributed by atoms with Gasteiger partial charge in [0.1, 0.15) is 0 Å². The molecule has 3 fully saturated rings. The average Bonchev–Trinajstić information content (AvgIpc) is 3.43. The van der Waals surface area contributed by atoms with Crippen LogP contribution in [0.1, 0.15) is 76.6 Å². The number of piperidine rings is 1. The van der Waals surface area contributed by atoms with E-state index in [-0.39, 0.29) is 29.2 Å². The number of aryl methyl sites for hydroxylation is 1. The fourth-order valence-corrected chi connectivity index (χ4v) is 5.46. The van der Waals surface area contributed by atoms with Crippen LogP contribution in [0, 0.1) is 18.3 Å². The van der Waals surface area contributed by atoms with Gasteiger partial charge in [-0.15, -0.1) is 0 Å². The maximum absolute atomic E-state index is 12.8. The van der Waals surface area contributed by atoms with Crippen LogP contribution in [0.5, 0.6) is 0 Å². The predicted octanol–water partition coefficient (Wildman–Crippen LogP) is 2.45. The number of nitrogens with zero attached hydrogens (tertiary/aromatic N) is 4. The molecular weight excluding hydrogens is 382 g/mol.